The van der Waals surface area contributed by atoms with Gasteiger partial charge in [0, 0.05) is 29.8 Å². The van der Waals surface area contributed by atoms with Crippen LogP contribution in [0.5, 0.6) is 28.7 Å². The van der Waals surface area contributed by atoms with Gasteiger partial charge in [-0.25, -0.2) is 9.59 Å². The van der Waals surface area contributed by atoms with Crippen molar-refractivity contribution in [3.63, 3.8) is 0 Å². The first kappa shape index (κ1) is 29.9. The van der Waals surface area contributed by atoms with Gasteiger partial charge in [-0.05, 0) is 48.0 Å². The number of rotatable bonds is 7. The van der Waals surface area contributed by atoms with Crippen LogP contribution in [0.15, 0.2) is 76.0 Å². The highest BCUT2D eigenvalue weighted by molar-refractivity contribution is 5.88. The standard InChI is InChI=1S/C30H24O14/c31-15-5-3-14(4-6-15)21-12-20(35)24-19(34)10-16(11-22(24)42-21)41-30-26(38)25(37)27(28(44-30)29(39)40)43-23(36)8-2-13-1-7-17(32)18(33)9-13/h1-12,25-28,30-34,37-38H,(H,39,40)/b8-2+/t25-,26-,27+,28+,30-/m1/s1. The van der Waals surface area contributed by atoms with Crippen molar-refractivity contribution < 1.29 is 64.0 Å². The quantitative estimate of drug-likeness (QED) is 0.0901. The lowest BCUT2D eigenvalue weighted by Crippen LogP contribution is -2.62. The fourth-order valence-electron chi connectivity index (χ4n) is 4.46. The lowest BCUT2D eigenvalue weighted by molar-refractivity contribution is -0.274. The van der Waals surface area contributed by atoms with E-state index in [1.54, 1.807) is 0 Å². The molecule has 0 saturated carbocycles. The molecule has 228 valence electrons. The highest BCUT2D eigenvalue weighted by Crippen LogP contribution is 2.34. The van der Waals surface area contributed by atoms with E-state index in [1.807, 2.05) is 0 Å². The molecule has 1 aromatic heterocycles. The van der Waals surface area contributed by atoms with E-state index in [9.17, 15) is 50.1 Å². The summed E-state index contributed by atoms with van der Waals surface area (Å²) in [6.07, 6.45) is -7.67. The number of carboxylic acids is 1. The monoisotopic (exact) mass is 608 g/mol. The average Bonchev–Trinajstić information content (AvgIpc) is 2.97. The van der Waals surface area contributed by atoms with Crippen molar-refractivity contribution in [3.8, 4) is 40.1 Å². The summed E-state index contributed by atoms with van der Waals surface area (Å²) in [6, 6.07) is 12.8. The molecule has 14 heteroatoms. The first-order chi connectivity index (χ1) is 20.9. The molecular weight excluding hydrogens is 584 g/mol. The number of carbonyl (C=O) groups excluding carboxylic acids is 1. The first-order valence-corrected chi connectivity index (χ1v) is 12.8. The zero-order valence-corrected chi connectivity index (χ0v) is 22.3. The number of ether oxygens (including phenoxy) is 3. The van der Waals surface area contributed by atoms with Gasteiger partial charge in [-0.1, -0.05) is 6.07 Å². The van der Waals surface area contributed by atoms with Gasteiger partial charge >= 0.3 is 11.9 Å². The van der Waals surface area contributed by atoms with E-state index < -0.39 is 59.6 Å². The molecule has 1 fully saturated rings. The normalized spacial score (nSPS) is 21.7. The van der Waals surface area contributed by atoms with Crippen LogP contribution in [-0.2, 0) is 19.1 Å². The van der Waals surface area contributed by atoms with Crippen LogP contribution in [0.4, 0.5) is 0 Å². The minimum Gasteiger partial charge on any atom is -0.508 e. The molecule has 0 bridgehead atoms. The van der Waals surface area contributed by atoms with Crippen LogP contribution in [0.25, 0.3) is 28.4 Å². The van der Waals surface area contributed by atoms with Crippen LogP contribution in [0.2, 0.25) is 0 Å². The highest BCUT2D eigenvalue weighted by Gasteiger charge is 2.51. The Bertz CT molecular complexity index is 1810. The molecule has 1 saturated heterocycles. The molecule has 5 rings (SSSR count). The fraction of sp³-hybridized carbons (Fsp3) is 0.167. The fourth-order valence-corrected chi connectivity index (χ4v) is 4.46. The number of fused-ring (bicyclic) bond motifs is 1. The van der Waals surface area contributed by atoms with E-state index in [1.165, 1.54) is 48.5 Å². The summed E-state index contributed by atoms with van der Waals surface area (Å²) in [5, 5.41) is 69.9. The predicted octanol–water partition coefficient (Wildman–Crippen LogP) is 1.82. The van der Waals surface area contributed by atoms with Crippen molar-refractivity contribution in [2.45, 2.75) is 30.7 Å². The van der Waals surface area contributed by atoms with Crippen LogP contribution in [0.1, 0.15) is 5.56 Å². The van der Waals surface area contributed by atoms with Gasteiger partial charge in [-0.2, -0.15) is 0 Å². The zero-order valence-electron chi connectivity index (χ0n) is 22.3. The third-order valence-corrected chi connectivity index (χ3v) is 6.64. The Kier molecular flexibility index (Phi) is 8.13. The Morgan fingerprint density at radius 3 is 2.25 bits per heavy atom. The Morgan fingerprint density at radius 1 is 0.841 bits per heavy atom. The van der Waals surface area contributed by atoms with Crippen molar-refractivity contribution >= 4 is 29.0 Å². The summed E-state index contributed by atoms with van der Waals surface area (Å²) in [5.74, 6) is -4.35. The Hall–Kier alpha value is -5.57. The minimum absolute atomic E-state index is 0.0122. The van der Waals surface area contributed by atoms with Gasteiger partial charge < -0.3 is 54.4 Å². The molecule has 0 amide bonds. The maximum atomic E-state index is 12.7. The number of aromatic hydroxyl groups is 4. The van der Waals surface area contributed by atoms with Gasteiger partial charge in [0.05, 0.1) is 0 Å². The van der Waals surface area contributed by atoms with Gasteiger partial charge in [0.25, 0.3) is 0 Å². The summed E-state index contributed by atoms with van der Waals surface area (Å²) in [5.41, 5.74) is -0.0280. The molecule has 1 aliphatic heterocycles. The number of benzene rings is 3. The molecule has 7 N–H and O–H groups in total. The van der Waals surface area contributed by atoms with Crippen LogP contribution in [-0.4, -0.2) is 78.4 Å². The van der Waals surface area contributed by atoms with Crippen LogP contribution >= 0.6 is 0 Å². The molecule has 14 nitrogen and oxygen atoms in total. The van der Waals surface area contributed by atoms with Crippen LogP contribution < -0.4 is 10.2 Å². The van der Waals surface area contributed by atoms with Crippen molar-refractivity contribution in [3.05, 3.63) is 82.5 Å². The number of phenolic OH excluding ortho intramolecular Hbond substituents is 4. The van der Waals surface area contributed by atoms with Gasteiger partial charge in [0.2, 0.25) is 6.29 Å². The second-order valence-corrected chi connectivity index (χ2v) is 9.68. The van der Waals surface area contributed by atoms with E-state index in [0.717, 1.165) is 24.3 Å². The number of aliphatic hydroxyl groups excluding tert-OH is 2. The van der Waals surface area contributed by atoms with Crippen molar-refractivity contribution in [2.75, 3.05) is 0 Å². The molecule has 0 spiro atoms. The second-order valence-electron chi connectivity index (χ2n) is 9.68. The third kappa shape index (κ3) is 6.12. The summed E-state index contributed by atoms with van der Waals surface area (Å²) in [7, 11) is 0. The van der Waals surface area contributed by atoms with Crippen molar-refractivity contribution in [2.24, 2.45) is 0 Å². The molecule has 0 radical (unpaired) electrons. The summed E-state index contributed by atoms with van der Waals surface area (Å²) < 4.78 is 21.7. The Labute approximate surface area is 246 Å². The van der Waals surface area contributed by atoms with Gasteiger partial charge in [0.15, 0.2) is 29.1 Å². The van der Waals surface area contributed by atoms with E-state index in [0.29, 0.717) is 5.56 Å². The molecule has 3 aromatic carbocycles. The predicted molar refractivity (Wildman–Crippen MR) is 149 cm³/mol. The molecule has 5 atom stereocenters. The topological polar surface area (TPSA) is 234 Å². The summed E-state index contributed by atoms with van der Waals surface area (Å²) in [4.78, 5) is 37.1. The number of carbonyl (C=O) groups is 2. The number of hydrogen-bond acceptors (Lipinski definition) is 13. The van der Waals surface area contributed by atoms with Crippen molar-refractivity contribution in [1.29, 1.82) is 0 Å². The van der Waals surface area contributed by atoms with Crippen LogP contribution in [0.3, 0.4) is 0 Å². The van der Waals surface area contributed by atoms with Crippen molar-refractivity contribution in [1.82, 2.24) is 0 Å². The van der Waals surface area contributed by atoms with Gasteiger partial charge in [0.1, 0.15) is 46.2 Å². The molecule has 44 heavy (non-hydrogen) atoms. The molecule has 2 heterocycles. The second kappa shape index (κ2) is 12.0. The number of aliphatic hydroxyl groups is 2. The molecule has 0 unspecified atom stereocenters. The third-order valence-electron chi connectivity index (χ3n) is 6.64. The summed E-state index contributed by atoms with van der Waals surface area (Å²) >= 11 is 0. The molecule has 4 aromatic rings. The maximum Gasteiger partial charge on any atom is 0.337 e. The van der Waals surface area contributed by atoms with E-state index in [4.69, 9.17) is 18.6 Å². The molecule has 1 aliphatic rings. The number of aliphatic carboxylic acids is 1. The number of phenols is 4. The first-order valence-electron chi connectivity index (χ1n) is 12.8. The maximum absolute atomic E-state index is 12.7. The van der Waals surface area contributed by atoms with Gasteiger partial charge in [-0.3, -0.25) is 4.79 Å². The summed E-state index contributed by atoms with van der Waals surface area (Å²) in [6.45, 7) is 0. The lowest BCUT2D eigenvalue weighted by Gasteiger charge is -2.39. The minimum atomic E-state index is -2.02. The Balaban J connectivity index is 1.36. The van der Waals surface area contributed by atoms with Crippen LogP contribution in [0, 0.1) is 0 Å². The lowest BCUT2D eigenvalue weighted by atomic mass is 9.98. The smallest absolute Gasteiger partial charge is 0.337 e. The van der Waals surface area contributed by atoms with E-state index in [2.05, 4.69) is 0 Å². The number of carboxylic acid groups (broad SMARTS) is 1. The average molecular weight is 609 g/mol. The number of hydrogen-bond donors (Lipinski definition) is 7. The zero-order chi connectivity index (χ0) is 31.7. The molecular formula is C30H24O14. The van der Waals surface area contributed by atoms with Gasteiger partial charge in [-0.15, -0.1) is 0 Å². The highest BCUT2D eigenvalue weighted by atomic mass is 16.7. The Morgan fingerprint density at radius 2 is 1.57 bits per heavy atom. The molecule has 0 aliphatic carbocycles. The largest absolute Gasteiger partial charge is 0.508 e. The van der Waals surface area contributed by atoms with E-state index >= 15 is 0 Å². The SMILES string of the molecule is O=C(/C=C/c1ccc(O)c(O)c1)O[C@H]1[C@H](O)[C@@H](O)[C@H](Oc2cc(O)c3c(=O)cc(-c4ccc(O)cc4)oc3c2)O[C@@H]1C(=O)O. The number of esters is 1. The van der Waals surface area contributed by atoms with E-state index in [-0.39, 0.29) is 39.5 Å².